The second kappa shape index (κ2) is 6.51. The summed E-state index contributed by atoms with van der Waals surface area (Å²) in [6.07, 6.45) is 1.18. The van der Waals surface area contributed by atoms with Gasteiger partial charge in [0.05, 0.1) is 7.11 Å². The van der Waals surface area contributed by atoms with Crippen LogP contribution in [-0.2, 0) is 13.1 Å². The van der Waals surface area contributed by atoms with E-state index in [-0.39, 0.29) is 0 Å². The Morgan fingerprint density at radius 1 is 1.38 bits per heavy atom. The van der Waals surface area contributed by atoms with Crippen LogP contribution >= 0.6 is 0 Å². The molecule has 3 nitrogen and oxygen atoms in total. The van der Waals surface area contributed by atoms with E-state index >= 15 is 0 Å². The van der Waals surface area contributed by atoms with Crippen molar-refractivity contribution >= 4 is 0 Å². The molecule has 0 heterocycles. The first kappa shape index (κ1) is 13.0. The molecule has 0 aliphatic carbocycles. The van der Waals surface area contributed by atoms with Gasteiger partial charge in [0.15, 0.2) is 0 Å². The summed E-state index contributed by atoms with van der Waals surface area (Å²) in [5.74, 6) is 0.893. The first-order valence-electron chi connectivity index (χ1n) is 5.75. The zero-order chi connectivity index (χ0) is 12.0. The summed E-state index contributed by atoms with van der Waals surface area (Å²) in [5, 5.41) is 0. The minimum absolute atomic E-state index is 0.522. The van der Waals surface area contributed by atoms with Crippen molar-refractivity contribution in [2.75, 3.05) is 20.7 Å². The molecule has 0 saturated carbocycles. The molecule has 0 amide bonds. The highest BCUT2D eigenvalue weighted by Gasteiger charge is 2.04. The van der Waals surface area contributed by atoms with E-state index in [0.717, 1.165) is 24.4 Å². The molecular weight excluding hydrogens is 200 g/mol. The van der Waals surface area contributed by atoms with Gasteiger partial charge in [-0.25, -0.2) is 0 Å². The molecule has 1 aromatic rings. The maximum absolute atomic E-state index is 5.63. The van der Waals surface area contributed by atoms with E-state index in [1.165, 1.54) is 12.0 Å². The Bertz CT molecular complexity index is 326. The van der Waals surface area contributed by atoms with E-state index in [9.17, 15) is 0 Å². The molecular formula is C13H22N2O. The van der Waals surface area contributed by atoms with Crippen LogP contribution in [0, 0.1) is 0 Å². The van der Waals surface area contributed by atoms with Gasteiger partial charge in [0.25, 0.3) is 0 Å². The SMILES string of the molecule is CCCN(C)Cc1ccc(CN)c(OC)c1. The van der Waals surface area contributed by atoms with Crippen LogP contribution in [-0.4, -0.2) is 25.6 Å². The number of hydrogen-bond acceptors (Lipinski definition) is 3. The zero-order valence-electron chi connectivity index (χ0n) is 10.5. The van der Waals surface area contributed by atoms with Gasteiger partial charge >= 0.3 is 0 Å². The number of nitrogens with two attached hydrogens (primary N) is 1. The largest absolute Gasteiger partial charge is 0.496 e. The van der Waals surface area contributed by atoms with Crippen molar-refractivity contribution in [1.82, 2.24) is 4.90 Å². The Kier molecular flexibility index (Phi) is 5.29. The third kappa shape index (κ3) is 3.51. The Balaban J connectivity index is 2.74. The maximum atomic E-state index is 5.63. The van der Waals surface area contributed by atoms with Crippen molar-refractivity contribution in [3.05, 3.63) is 29.3 Å². The number of methoxy groups -OCH3 is 1. The quantitative estimate of drug-likeness (QED) is 0.800. The first-order valence-corrected chi connectivity index (χ1v) is 5.75. The van der Waals surface area contributed by atoms with Gasteiger partial charge in [0.1, 0.15) is 5.75 Å². The molecule has 0 saturated heterocycles. The minimum atomic E-state index is 0.522. The molecule has 0 aliphatic heterocycles. The summed E-state index contributed by atoms with van der Waals surface area (Å²) in [6.45, 7) is 4.78. The van der Waals surface area contributed by atoms with Crippen LogP contribution < -0.4 is 10.5 Å². The molecule has 1 rings (SSSR count). The third-order valence-electron chi connectivity index (χ3n) is 2.63. The summed E-state index contributed by atoms with van der Waals surface area (Å²) in [5.41, 5.74) is 7.96. The van der Waals surface area contributed by atoms with Crippen molar-refractivity contribution in [1.29, 1.82) is 0 Å². The number of nitrogens with zero attached hydrogens (tertiary/aromatic N) is 1. The van der Waals surface area contributed by atoms with Crippen molar-refractivity contribution in [3.8, 4) is 5.75 Å². The Morgan fingerprint density at radius 3 is 2.69 bits per heavy atom. The fourth-order valence-corrected chi connectivity index (χ4v) is 1.83. The highest BCUT2D eigenvalue weighted by molar-refractivity contribution is 5.37. The summed E-state index contributed by atoms with van der Waals surface area (Å²) in [4.78, 5) is 2.30. The summed E-state index contributed by atoms with van der Waals surface area (Å²) < 4.78 is 5.32. The van der Waals surface area contributed by atoms with Gasteiger partial charge in [-0.2, -0.15) is 0 Å². The predicted octanol–water partition coefficient (Wildman–Crippen LogP) is 2.00. The standard InChI is InChI=1S/C13H22N2O/c1-4-7-15(2)10-11-5-6-12(9-14)13(8-11)16-3/h5-6,8H,4,7,9-10,14H2,1-3H3. The summed E-state index contributed by atoms with van der Waals surface area (Å²) >= 11 is 0. The van der Waals surface area contributed by atoms with Crippen molar-refractivity contribution in [3.63, 3.8) is 0 Å². The summed E-state index contributed by atoms with van der Waals surface area (Å²) in [6, 6.07) is 6.25. The smallest absolute Gasteiger partial charge is 0.123 e. The lowest BCUT2D eigenvalue weighted by atomic mass is 10.1. The molecule has 3 heteroatoms. The van der Waals surface area contributed by atoms with Crippen LogP contribution in [0.25, 0.3) is 0 Å². The van der Waals surface area contributed by atoms with E-state index < -0.39 is 0 Å². The molecule has 0 aromatic heterocycles. The van der Waals surface area contributed by atoms with Crippen LogP contribution in [0.5, 0.6) is 5.75 Å². The average Bonchev–Trinajstić information content (AvgIpc) is 2.29. The lowest BCUT2D eigenvalue weighted by Gasteiger charge is -2.16. The molecule has 0 spiro atoms. The van der Waals surface area contributed by atoms with Crippen LogP contribution in [0.3, 0.4) is 0 Å². The van der Waals surface area contributed by atoms with Crippen LogP contribution in [0.1, 0.15) is 24.5 Å². The molecule has 90 valence electrons. The average molecular weight is 222 g/mol. The van der Waals surface area contributed by atoms with E-state index in [4.69, 9.17) is 10.5 Å². The zero-order valence-corrected chi connectivity index (χ0v) is 10.5. The monoisotopic (exact) mass is 222 g/mol. The van der Waals surface area contributed by atoms with Crippen LogP contribution in [0.4, 0.5) is 0 Å². The third-order valence-corrected chi connectivity index (χ3v) is 2.63. The molecule has 0 aliphatic rings. The van der Waals surface area contributed by atoms with Gasteiger partial charge in [0, 0.05) is 18.7 Å². The lowest BCUT2D eigenvalue weighted by Crippen LogP contribution is -2.18. The van der Waals surface area contributed by atoms with Crippen LogP contribution in [0.15, 0.2) is 18.2 Å². The second-order valence-corrected chi connectivity index (χ2v) is 4.09. The molecule has 16 heavy (non-hydrogen) atoms. The molecule has 0 radical (unpaired) electrons. The fraction of sp³-hybridized carbons (Fsp3) is 0.538. The van der Waals surface area contributed by atoms with E-state index in [2.05, 4.69) is 31.0 Å². The predicted molar refractivity (Wildman–Crippen MR) is 67.5 cm³/mol. The molecule has 0 fully saturated rings. The number of benzene rings is 1. The molecule has 0 unspecified atom stereocenters. The van der Waals surface area contributed by atoms with Crippen molar-refractivity contribution in [2.45, 2.75) is 26.4 Å². The molecule has 0 atom stereocenters. The molecule has 2 N–H and O–H groups in total. The first-order chi connectivity index (χ1) is 7.71. The maximum Gasteiger partial charge on any atom is 0.123 e. The Labute approximate surface area is 98.2 Å². The normalized spacial score (nSPS) is 10.8. The molecule has 0 bridgehead atoms. The van der Waals surface area contributed by atoms with Gasteiger partial charge < -0.3 is 15.4 Å². The van der Waals surface area contributed by atoms with Gasteiger partial charge in [0.2, 0.25) is 0 Å². The van der Waals surface area contributed by atoms with Gasteiger partial charge in [-0.15, -0.1) is 0 Å². The van der Waals surface area contributed by atoms with E-state index in [1.807, 2.05) is 6.07 Å². The van der Waals surface area contributed by atoms with Gasteiger partial charge in [-0.05, 0) is 31.6 Å². The highest BCUT2D eigenvalue weighted by atomic mass is 16.5. The fourth-order valence-electron chi connectivity index (χ4n) is 1.83. The number of ether oxygens (including phenoxy) is 1. The number of rotatable bonds is 6. The van der Waals surface area contributed by atoms with E-state index in [0.29, 0.717) is 6.54 Å². The van der Waals surface area contributed by atoms with Crippen LogP contribution in [0.2, 0.25) is 0 Å². The van der Waals surface area contributed by atoms with Gasteiger partial charge in [-0.1, -0.05) is 19.1 Å². The summed E-state index contributed by atoms with van der Waals surface area (Å²) in [7, 11) is 3.82. The van der Waals surface area contributed by atoms with E-state index in [1.54, 1.807) is 7.11 Å². The van der Waals surface area contributed by atoms with Crippen molar-refractivity contribution in [2.24, 2.45) is 5.73 Å². The highest BCUT2D eigenvalue weighted by Crippen LogP contribution is 2.20. The van der Waals surface area contributed by atoms with Gasteiger partial charge in [-0.3, -0.25) is 0 Å². The Morgan fingerprint density at radius 2 is 2.12 bits per heavy atom. The lowest BCUT2D eigenvalue weighted by molar-refractivity contribution is 0.326. The second-order valence-electron chi connectivity index (χ2n) is 4.09. The number of hydrogen-bond donors (Lipinski definition) is 1. The minimum Gasteiger partial charge on any atom is -0.496 e. The topological polar surface area (TPSA) is 38.5 Å². The van der Waals surface area contributed by atoms with Crippen molar-refractivity contribution < 1.29 is 4.74 Å². The Hall–Kier alpha value is -1.06. The molecule has 1 aromatic carbocycles.